The Morgan fingerprint density at radius 3 is 2.66 bits per heavy atom. The van der Waals surface area contributed by atoms with Crippen LogP contribution in [0.2, 0.25) is 0 Å². The number of fused-ring (bicyclic) bond motifs is 1. The number of carbonyl (C=O) groups is 1. The zero-order chi connectivity index (χ0) is 22.7. The summed E-state index contributed by atoms with van der Waals surface area (Å²) in [4.78, 5) is 17.2. The maximum atomic E-state index is 12.9. The summed E-state index contributed by atoms with van der Waals surface area (Å²) in [5.74, 6) is 0.0253. The number of amides is 1. The zero-order valence-electron chi connectivity index (χ0n) is 17.2. The van der Waals surface area contributed by atoms with E-state index in [0.717, 1.165) is 25.0 Å². The van der Waals surface area contributed by atoms with Gasteiger partial charge in [0.2, 0.25) is 5.55 Å². The van der Waals surface area contributed by atoms with E-state index in [0.29, 0.717) is 29.9 Å². The monoisotopic (exact) mass is 446 g/mol. The first-order valence-corrected chi connectivity index (χ1v) is 10.1. The molecule has 0 aliphatic carbocycles. The van der Waals surface area contributed by atoms with Crippen molar-refractivity contribution in [3.63, 3.8) is 0 Å². The van der Waals surface area contributed by atoms with Crippen LogP contribution in [0.3, 0.4) is 0 Å². The molecule has 1 saturated heterocycles. The van der Waals surface area contributed by atoms with E-state index in [4.69, 9.17) is 13.9 Å². The molecule has 3 aromatic rings. The molecule has 2 heterocycles. The van der Waals surface area contributed by atoms with Gasteiger partial charge in [0.05, 0.1) is 24.5 Å². The quantitative estimate of drug-likeness (QED) is 0.622. The second-order valence-electron chi connectivity index (χ2n) is 7.35. The van der Waals surface area contributed by atoms with Crippen LogP contribution in [0, 0.1) is 0 Å². The Kier molecular flexibility index (Phi) is 6.18. The van der Waals surface area contributed by atoms with E-state index in [1.165, 1.54) is 19.2 Å². The van der Waals surface area contributed by atoms with E-state index in [2.05, 4.69) is 10.3 Å². The summed E-state index contributed by atoms with van der Waals surface area (Å²) in [6, 6.07) is 11.1. The van der Waals surface area contributed by atoms with Crippen molar-refractivity contribution < 1.29 is 31.9 Å². The number of methoxy groups -OCH3 is 1. The molecule has 1 N–H and O–H groups in total. The number of rotatable bonds is 5. The lowest BCUT2D eigenvalue weighted by atomic mass is 10.1. The van der Waals surface area contributed by atoms with Gasteiger partial charge in [-0.1, -0.05) is 12.1 Å². The predicted molar refractivity (Wildman–Crippen MR) is 111 cm³/mol. The average molecular weight is 446 g/mol. The lowest BCUT2D eigenvalue weighted by Gasteiger charge is -2.12. The predicted octanol–water partition coefficient (Wildman–Crippen LogP) is 4.60. The lowest BCUT2D eigenvalue weighted by Crippen LogP contribution is -2.34. The Morgan fingerprint density at radius 1 is 1.22 bits per heavy atom. The van der Waals surface area contributed by atoms with Crippen LogP contribution >= 0.6 is 0 Å². The van der Waals surface area contributed by atoms with Gasteiger partial charge in [-0.25, -0.2) is 4.99 Å². The smallest absolute Gasteiger partial charge is 0.416 e. The fraction of sp³-hybridized carbons (Fsp3) is 0.304. The van der Waals surface area contributed by atoms with Gasteiger partial charge >= 0.3 is 6.18 Å². The van der Waals surface area contributed by atoms with Gasteiger partial charge in [0.15, 0.2) is 11.3 Å². The summed E-state index contributed by atoms with van der Waals surface area (Å²) < 4.78 is 55.3. The van der Waals surface area contributed by atoms with Crippen molar-refractivity contribution in [1.82, 2.24) is 5.32 Å². The number of para-hydroxylation sites is 1. The minimum Gasteiger partial charge on any atom is -0.493 e. The van der Waals surface area contributed by atoms with Crippen molar-refractivity contribution in [2.45, 2.75) is 25.1 Å². The van der Waals surface area contributed by atoms with Crippen molar-refractivity contribution in [1.29, 1.82) is 0 Å². The highest BCUT2D eigenvalue weighted by Gasteiger charge is 2.30. The first kappa shape index (κ1) is 21.9. The van der Waals surface area contributed by atoms with Crippen LogP contribution in [-0.2, 0) is 10.9 Å². The van der Waals surface area contributed by atoms with Gasteiger partial charge in [-0.3, -0.25) is 4.79 Å². The van der Waals surface area contributed by atoms with Crippen molar-refractivity contribution in [2.75, 3.05) is 20.3 Å². The van der Waals surface area contributed by atoms with Crippen molar-refractivity contribution in [3.8, 4) is 5.75 Å². The standard InChI is InChI=1S/C23H21F3N2O4/c1-30-19-6-2-4-14-12-18(21(29)27-13-17-5-3-11-31-17)22(32-20(14)19)28-16-9-7-15(8-10-16)23(24,25)26/h2,4,6-10,12,17H,3,5,11,13H2,1H3,(H,27,29). The molecule has 1 aliphatic rings. The molecule has 2 aromatic carbocycles. The van der Waals surface area contributed by atoms with E-state index in [9.17, 15) is 18.0 Å². The maximum Gasteiger partial charge on any atom is 0.416 e. The van der Waals surface area contributed by atoms with Crippen molar-refractivity contribution >= 4 is 22.6 Å². The normalized spacial score (nSPS) is 17.0. The summed E-state index contributed by atoms with van der Waals surface area (Å²) >= 11 is 0. The van der Waals surface area contributed by atoms with E-state index < -0.39 is 17.6 Å². The van der Waals surface area contributed by atoms with Crippen LogP contribution in [0.4, 0.5) is 18.9 Å². The number of carbonyl (C=O) groups excluding carboxylic acids is 1. The second-order valence-corrected chi connectivity index (χ2v) is 7.35. The highest BCUT2D eigenvalue weighted by Crippen LogP contribution is 2.30. The Balaban J connectivity index is 1.76. The zero-order valence-corrected chi connectivity index (χ0v) is 17.2. The molecule has 0 saturated carbocycles. The van der Waals surface area contributed by atoms with Crippen LogP contribution in [0.15, 0.2) is 57.9 Å². The van der Waals surface area contributed by atoms with Gasteiger partial charge in [0.1, 0.15) is 5.56 Å². The lowest BCUT2D eigenvalue weighted by molar-refractivity contribution is -0.137. The molecule has 1 fully saturated rings. The van der Waals surface area contributed by atoms with Gasteiger partial charge in [0, 0.05) is 18.5 Å². The van der Waals surface area contributed by atoms with E-state index in [1.54, 1.807) is 24.3 Å². The van der Waals surface area contributed by atoms with E-state index in [-0.39, 0.29) is 22.9 Å². The number of nitrogens with zero attached hydrogens (tertiary/aromatic N) is 1. The summed E-state index contributed by atoms with van der Waals surface area (Å²) in [6.45, 7) is 1.01. The molecule has 168 valence electrons. The van der Waals surface area contributed by atoms with Gasteiger partial charge in [0.25, 0.3) is 5.91 Å². The fourth-order valence-corrected chi connectivity index (χ4v) is 3.48. The average Bonchev–Trinajstić information content (AvgIpc) is 3.30. The van der Waals surface area contributed by atoms with Gasteiger partial charge in [-0.15, -0.1) is 0 Å². The number of alkyl halides is 3. The summed E-state index contributed by atoms with van der Waals surface area (Å²) in [7, 11) is 1.49. The Bertz CT molecular complexity index is 1180. The molecule has 4 rings (SSSR count). The third-order valence-electron chi connectivity index (χ3n) is 5.14. The molecule has 0 radical (unpaired) electrons. The highest BCUT2D eigenvalue weighted by atomic mass is 19.4. The van der Waals surface area contributed by atoms with Crippen LogP contribution in [0.25, 0.3) is 11.0 Å². The Labute approximate surface area is 181 Å². The number of ether oxygens (including phenoxy) is 2. The van der Waals surface area contributed by atoms with Gasteiger partial charge in [-0.05, 0) is 49.2 Å². The van der Waals surface area contributed by atoms with E-state index in [1.807, 2.05) is 0 Å². The van der Waals surface area contributed by atoms with Crippen LogP contribution in [-0.4, -0.2) is 32.3 Å². The molecule has 0 spiro atoms. The molecule has 1 aromatic heterocycles. The molecule has 1 aliphatic heterocycles. The number of halogens is 3. The van der Waals surface area contributed by atoms with Crippen molar-refractivity contribution in [2.24, 2.45) is 4.99 Å². The van der Waals surface area contributed by atoms with E-state index >= 15 is 0 Å². The molecule has 6 nitrogen and oxygen atoms in total. The van der Waals surface area contributed by atoms with Gasteiger partial charge < -0.3 is 19.2 Å². The fourth-order valence-electron chi connectivity index (χ4n) is 3.48. The largest absolute Gasteiger partial charge is 0.493 e. The number of hydrogen-bond acceptors (Lipinski definition) is 5. The topological polar surface area (TPSA) is 73.1 Å². The van der Waals surface area contributed by atoms with Crippen LogP contribution < -0.4 is 15.6 Å². The third-order valence-corrected chi connectivity index (χ3v) is 5.14. The summed E-state index contributed by atoms with van der Waals surface area (Å²) in [5, 5.41) is 3.45. The Morgan fingerprint density at radius 2 is 2.00 bits per heavy atom. The first-order chi connectivity index (χ1) is 15.3. The second kappa shape index (κ2) is 9.04. The van der Waals surface area contributed by atoms with Crippen LogP contribution in [0.5, 0.6) is 5.75 Å². The minimum absolute atomic E-state index is 0.0356. The molecular weight excluding hydrogens is 425 g/mol. The maximum absolute atomic E-state index is 12.9. The third kappa shape index (κ3) is 4.77. The molecule has 1 amide bonds. The molecular formula is C23H21F3N2O4. The first-order valence-electron chi connectivity index (χ1n) is 10.1. The number of benzene rings is 2. The molecule has 32 heavy (non-hydrogen) atoms. The number of nitrogens with one attached hydrogen (secondary N) is 1. The highest BCUT2D eigenvalue weighted by molar-refractivity contribution is 5.97. The Hall–Kier alpha value is -3.33. The molecule has 1 unspecified atom stereocenters. The number of hydrogen-bond donors (Lipinski definition) is 1. The molecule has 1 atom stereocenters. The van der Waals surface area contributed by atoms with Crippen LogP contribution in [0.1, 0.15) is 28.8 Å². The summed E-state index contributed by atoms with van der Waals surface area (Å²) in [5.41, 5.74) is -0.0844. The van der Waals surface area contributed by atoms with Gasteiger partial charge in [-0.2, -0.15) is 13.2 Å². The molecule has 0 bridgehead atoms. The SMILES string of the molecule is COc1cccc2cc(C(=O)NCC3CCCO3)c(=Nc3ccc(C(F)(F)F)cc3)oc12. The summed E-state index contributed by atoms with van der Waals surface area (Å²) in [6.07, 6.45) is -2.69. The molecule has 9 heteroatoms. The van der Waals surface area contributed by atoms with Crippen molar-refractivity contribution in [3.05, 3.63) is 65.2 Å². The minimum atomic E-state index is -4.45.